The number of hydrogen-bond donors (Lipinski definition) is 2. The molecular formula is C19H24FN3O2. The van der Waals surface area contributed by atoms with Gasteiger partial charge in [0, 0.05) is 25.6 Å². The van der Waals surface area contributed by atoms with Gasteiger partial charge in [0.05, 0.1) is 6.04 Å². The number of allylic oxidation sites excluding steroid dienone is 2. The fraction of sp³-hybridized carbons (Fsp3) is 0.474. The number of carbonyl (C=O) groups excluding carboxylic acids is 2. The summed E-state index contributed by atoms with van der Waals surface area (Å²) in [5, 5.41) is 5.79. The lowest BCUT2D eigenvalue weighted by Crippen LogP contribution is -2.47. The maximum atomic E-state index is 13.5. The zero-order valence-corrected chi connectivity index (χ0v) is 14.2. The van der Waals surface area contributed by atoms with Crippen LogP contribution in [0.1, 0.15) is 24.8 Å². The molecule has 1 aliphatic carbocycles. The van der Waals surface area contributed by atoms with Crippen molar-refractivity contribution in [1.29, 1.82) is 0 Å². The Bertz CT molecular complexity index is 662. The van der Waals surface area contributed by atoms with Crippen LogP contribution in [-0.4, -0.2) is 42.5 Å². The molecule has 1 aromatic rings. The second kappa shape index (κ2) is 8.14. The van der Waals surface area contributed by atoms with Crippen molar-refractivity contribution in [3.05, 3.63) is 47.8 Å². The molecule has 0 radical (unpaired) electrons. The highest BCUT2D eigenvalue weighted by Gasteiger charge is 2.29. The van der Waals surface area contributed by atoms with Gasteiger partial charge in [-0.3, -0.25) is 4.79 Å². The Balaban J connectivity index is 1.64. The molecule has 1 fully saturated rings. The van der Waals surface area contributed by atoms with E-state index < -0.39 is 0 Å². The summed E-state index contributed by atoms with van der Waals surface area (Å²) in [6.45, 7) is 1.57. The molecule has 0 saturated carbocycles. The third-order valence-corrected chi connectivity index (χ3v) is 4.84. The number of nitrogens with one attached hydrogen (secondary N) is 2. The fourth-order valence-electron chi connectivity index (χ4n) is 3.46. The average molecular weight is 345 g/mol. The van der Waals surface area contributed by atoms with Crippen LogP contribution in [0.3, 0.4) is 0 Å². The van der Waals surface area contributed by atoms with Gasteiger partial charge in [-0.15, -0.1) is 0 Å². The van der Waals surface area contributed by atoms with Crippen molar-refractivity contribution in [2.24, 2.45) is 5.92 Å². The van der Waals surface area contributed by atoms with Crippen LogP contribution in [-0.2, 0) is 11.2 Å². The van der Waals surface area contributed by atoms with Crippen LogP contribution in [0.4, 0.5) is 9.18 Å². The lowest BCUT2D eigenvalue weighted by atomic mass is 9.93. The molecule has 2 N–H and O–H groups in total. The zero-order chi connectivity index (χ0) is 17.6. The quantitative estimate of drug-likeness (QED) is 0.777. The maximum absolute atomic E-state index is 13.5. The molecular weight excluding hydrogens is 321 g/mol. The minimum absolute atomic E-state index is 0.00669. The summed E-state index contributed by atoms with van der Waals surface area (Å²) in [6, 6.07) is 6.08. The van der Waals surface area contributed by atoms with Crippen molar-refractivity contribution >= 4 is 11.9 Å². The summed E-state index contributed by atoms with van der Waals surface area (Å²) >= 11 is 0. The monoisotopic (exact) mass is 345 g/mol. The number of amides is 3. The van der Waals surface area contributed by atoms with E-state index in [1.165, 1.54) is 12.1 Å². The van der Waals surface area contributed by atoms with Crippen LogP contribution in [0.2, 0.25) is 0 Å². The van der Waals surface area contributed by atoms with E-state index in [0.29, 0.717) is 26.1 Å². The summed E-state index contributed by atoms with van der Waals surface area (Å²) in [7, 11) is 0. The van der Waals surface area contributed by atoms with Gasteiger partial charge in [-0.05, 0) is 43.4 Å². The summed E-state index contributed by atoms with van der Waals surface area (Å²) in [6.07, 6.45) is 7.22. The number of urea groups is 1. The fourth-order valence-corrected chi connectivity index (χ4v) is 3.46. The minimum atomic E-state index is -0.292. The van der Waals surface area contributed by atoms with E-state index in [1.54, 1.807) is 11.0 Å². The summed E-state index contributed by atoms with van der Waals surface area (Å²) in [5.41, 5.74) is 0.819. The van der Waals surface area contributed by atoms with Gasteiger partial charge in [-0.25, -0.2) is 9.18 Å². The minimum Gasteiger partial charge on any atom is -0.354 e. The van der Waals surface area contributed by atoms with Crippen molar-refractivity contribution in [1.82, 2.24) is 15.5 Å². The number of halogens is 1. The Labute approximate surface area is 147 Å². The molecule has 5 nitrogen and oxygen atoms in total. The third-order valence-electron chi connectivity index (χ3n) is 4.84. The zero-order valence-electron chi connectivity index (χ0n) is 14.2. The van der Waals surface area contributed by atoms with Gasteiger partial charge in [-0.2, -0.15) is 0 Å². The van der Waals surface area contributed by atoms with Crippen LogP contribution in [0, 0.1) is 11.7 Å². The van der Waals surface area contributed by atoms with E-state index in [9.17, 15) is 14.0 Å². The highest BCUT2D eigenvalue weighted by Crippen LogP contribution is 2.18. The summed E-state index contributed by atoms with van der Waals surface area (Å²) < 4.78 is 13.5. The van der Waals surface area contributed by atoms with Gasteiger partial charge in [0.15, 0.2) is 0 Å². The van der Waals surface area contributed by atoms with Crippen LogP contribution >= 0.6 is 0 Å². The van der Waals surface area contributed by atoms with E-state index in [0.717, 1.165) is 24.8 Å². The Hall–Kier alpha value is -2.37. The normalized spacial score (nSPS) is 21.1. The molecule has 0 aromatic heterocycles. The summed E-state index contributed by atoms with van der Waals surface area (Å²) in [4.78, 5) is 26.1. The van der Waals surface area contributed by atoms with Crippen molar-refractivity contribution in [2.75, 3.05) is 19.6 Å². The van der Waals surface area contributed by atoms with E-state index in [2.05, 4.69) is 16.7 Å². The van der Waals surface area contributed by atoms with Gasteiger partial charge in [-0.1, -0.05) is 24.3 Å². The van der Waals surface area contributed by atoms with Crippen molar-refractivity contribution in [3.8, 4) is 0 Å². The van der Waals surface area contributed by atoms with Crippen LogP contribution in [0.15, 0.2) is 36.4 Å². The Morgan fingerprint density at radius 3 is 2.96 bits per heavy atom. The first-order valence-corrected chi connectivity index (χ1v) is 8.85. The van der Waals surface area contributed by atoms with Crippen LogP contribution < -0.4 is 10.6 Å². The van der Waals surface area contributed by atoms with Crippen LogP contribution in [0.25, 0.3) is 0 Å². The SMILES string of the molecule is O=C(NC[C@H](Cc1cccc(F)c1)N1CCNC1=O)[C@H]1CC=CCC1. The Kier molecular flexibility index (Phi) is 5.68. The van der Waals surface area contributed by atoms with E-state index in [4.69, 9.17) is 0 Å². The first kappa shape index (κ1) is 17.5. The second-order valence-electron chi connectivity index (χ2n) is 6.64. The van der Waals surface area contributed by atoms with Crippen molar-refractivity contribution in [3.63, 3.8) is 0 Å². The molecule has 3 rings (SSSR count). The number of hydrogen-bond acceptors (Lipinski definition) is 2. The van der Waals surface area contributed by atoms with E-state index in [1.807, 2.05) is 12.1 Å². The molecule has 6 heteroatoms. The number of rotatable bonds is 6. The highest BCUT2D eigenvalue weighted by atomic mass is 19.1. The van der Waals surface area contributed by atoms with Crippen molar-refractivity contribution < 1.29 is 14.0 Å². The lowest BCUT2D eigenvalue weighted by Gasteiger charge is -2.28. The Morgan fingerprint density at radius 2 is 2.28 bits per heavy atom. The average Bonchev–Trinajstić information content (AvgIpc) is 3.05. The van der Waals surface area contributed by atoms with Crippen LogP contribution in [0.5, 0.6) is 0 Å². The predicted molar refractivity (Wildman–Crippen MR) is 93.5 cm³/mol. The first-order chi connectivity index (χ1) is 12.1. The molecule has 1 saturated heterocycles. The molecule has 0 spiro atoms. The number of nitrogens with zero attached hydrogens (tertiary/aromatic N) is 1. The van der Waals surface area contributed by atoms with E-state index in [-0.39, 0.29) is 29.7 Å². The molecule has 2 aliphatic rings. The molecule has 1 heterocycles. The van der Waals surface area contributed by atoms with Gasteiger partial charge >= 0.3 is 6.03 Å². The molecule has 0 unspecified atom stereocenters. The first-order valence-electron chi connectivity index (χ1n) is 8.85. The topological polar surface area (TPSA) is 61.4 Å². The molecule has 134 valence electrons. The predicted octanol–water partition coefficient (Wildman–Crippen LogP) is 2.23. The highest BCUT2D eigenvalue weighted by molar-refractivity contribution is 5.79. The van der Waals surface area contributed by atoms with Gasteiger partial charge < -0.3 is 15.5 Å². The smallest absolute Gasteiger partial charge is 0.317 e. The second-order valence-corrected chi connectivity index (χ2v) is 6.64. The molecule has 2 atom stereocenters. The lowest BCUT2D eigenvalue weighted by molar-refractivity contribution is -0.125. The molecule has 25 heavy (non-hydrogen) atoms. The molecule has 1 aliphatic heterocycles. The number of benzene rings is 1. The largest absolute Gasteiger partial charge is 0.354 e. The van der Waals surface area contributed by atoms with E-state index >= 15 is 0 Å². The Morgan fingerprint density at radius 1 is 1.40 bits per heavy atom. The van der Waals surface area contributed by atoms with Gasteiger partial charge in [0.1, 0.15) is 5.82 Å². The maximum Gasteiger partial charge on any atom is 0.317 e. The number of carbonyl (C=O) groups is 2. The van der Waals surface area contributed by atoms with Gasteiger partial charge in [0.25, 0.3) is 0 Å². The standard InChI is InChI=1S/C19H24FN3O2/c20-16-8-4-5-14(11-16)12-17(23-10-9-21-19(23)25)13-22-18(24)15-6-2-1-3-7-15/h1-2,4-5,8,11,15,17H,3,6-7,9-10,12-13H2,(H,21,25)(H,22,24)/t15-,17-/m0/s1. The van der Waals surface area contributed by atoms with Crippen molar-refractivity contribution in [2.45, 2.75) is 31.7 Å². The molecule has 3 amide bonds. The summed E-state index contributed by atoms with van der Waals surface area (Å²) in [5.74, 6) is -0.249. The third kappa shape index (κ3) is 4.59. The van der Waals surface area contributed by atoms with Gasteiger partial charge in [0.2, 0.25) is 5.91 Å². The molecule has 0 bridgehead atoms. The molecule has 1 aromatic carbocycles.